The maximum absolute atomic E-state index is 12.2. The van der Waals surface area contributed by atoms with E-state index in [4.69, 9.17) is 0 Å². The van der Waals surface area contributed by atoms with Crippen LogP contribution in [0.15, 0.2) is 36.5 Å². The molecule has 0 saturated heterocycles. The largest absolute Gasteiger partial charge is 0.469 e. The van der Waals surface area contributed by atoms with Crippen LogP contribution in [0.3, 0.4) is 0 Å². The number of carbonyl (C=O) groups excluding carboxylic acids is 4. The van der Waals surface area contributed by atoms with Gasteiger partial charge in [0, 0.05) is 49.4 Å². The second-order valence-electron chi connectivity index (χ2n) is 16.0. The van der Waals surface area contributed by atoms with Gasteiger partial charge in [-0.05, 0) is 71.6 Å². The number of ether oxygens (including phenoxy) is 2. The van der Waals surface area contributed by atoms with E-state index in [9.17, 15) is 39.6 Å². The average Bonchev–Trinajstić information content (AvgIpc) is 3.55. The van der Waals surface area contributed by atoms with E-state index >= 15 is 0 Å². The van der Waals surface area contributed by atoms with Crippen LogP contribution in [0.4, 0.5) is 0 Å². The van der Waals surface area contributed by atoms with Crippen LogP contribution < -0.4 is 0 Å². The van der Waals surface area contributed by atoms with E-state index < -0.39 is 23.4 Å². The zero-order chi connectivity index (χ0) is 40.6. The second-order valence-corrected chi connectivity index (χ2v) is 16.0. The normalized spacial score (nSPS) is 25.2. The predicted octanol–water partition coefficient (Wildman–Crippen LogP) is 7.68. The first kappa shape index (κ1) is 49.4. The molecule has 0 aromatic carbocycles. The van der Waals surface area contributed by atoms with Gasteiger partial charge in [-0.2, -0.15) is 0 Å². The van der Waals surface area contributed by atoms with Gasteiger partial charge < -0.3 is 29.9 Å². The fourth-order valence-electron chi connectivity index (χ4n) is 7.37. The number of allylic oxidation sites excluding steroid dienone is 2. The summed E-state index contributed by atoms with van der Waals surface area (Å²) in [7, 11) is 2.77. The average molecular weight is 763 g/mol. The third kappa shape index (κ3) is 20.3. The van der Waals surface area contributed by atoms with Crippen LogP contribution in [0.1, 0.15) is 156 Å². The number of ketones is 2. The van der Waals surface area contributed by atoms with E-state index in [1.54, 1.807) is 0 Å². The van der Waals surface area contributed by atoms with Crippen molar-refractivity contribution in [2.24, 2.45) is 23.7 Å². The summed E-state index contributed by atoms with van der Waals surface area (Å²) < 4.78 is 9.21. The minimum atomic E-state index is -0.738. The molecular formula is C44H74O10. The molecule has 2 saturated carbocycles. The number of aliphatic hydroxyl groups is 4. The molecule has 2 aliphatic rings. The Labute approximate surface area is 325 Å². The molecule has 54 heavy (non-hydrogen) atoms. The van der Waals surface area contributed by atoms with Crippen LogP contribution in [0.2, 0.25) is 0 Å². The molecule has 2 rings (SSSR count). The van der Waals surface area contributed by atoms with Gasteiger partial charge in [0.1, 0.15) is 11.6 Å². The lowest BCUT2D eigenvalue weighted by Crippen LogP contribution is -2.23. The number of hydrogen-bond acceptors (Lipinski definition) is 10. The van der Waals surface area contributed by atoms with Gasteiger partial charge in [-0.1, -0.05) is 95.2 Å². The van der Waals surface area contributed by atoms with Crippen LogP contribution in [-0.4, -0.2) is 81.6 Å². The lowest BCUT2D eigenvalue weighted by atomic mass is 9.87. The van der Waals surface area contributed by atoms with Crippen molar-refractivity contribution >= 4 is 23.5 Å². The molecular weight excluding hydrogens is 688 g/mol. The third-order valence-corrected chi connectivity index (χ3v) is 10.9. The Hall–Kier alpha value is -2.66. The quantitative estimate of drug-likeness (QED) is 0.0411. The van der Waals surface area contributed by atoms with Gasteiger partial charge in [0.05, 0.1) is 37.6 Å². The zero-order valence-electron chi connectivity index (χ0n) is 34.3. The van der Waals surface area contributed by atoms with Crippen LogP contribution in [0.25, 0.3) is 0 Å². The standard InChI is InChI=1S/C22H38O5.C22H36O5/c2*1-4-5-14-22(2,26)15-10-12-18-17(19(23)16-20(18)24)11-8-6-7-9-13-21(25)27-3/h10,12,17-18,20,24,26H,4-9,11,13-16H2,1-3H3;6-7,10,12,17-18,20,24,26H,4-5,8-9,11,13-16H2,1-3H3/b12-10+;7-6-,12-10+/t2*17-,18-,20-,22?/m11/s1. The highest BCUT2D eigenvalue weighted by Crippen LogP contribution is 2.36. The Kier molecular flexibility index (Phi) is 24.7. The van der Waals surface area contributed by atoms with Crippen LogP contribution in [0.5, 0.6) is 0 Å². The highest BCUT2D eigenvalue weighted by molar-refractivity contribution is 5.85. The first-order valence-corrected chi connectivity index (χ1v) is 20.6. The van der Waals surface area contributed by atoms with Crippen LogP contribution in [-0.2, 0) is 28.7 Å². The smallest absolute Gasteiger partial charge is 0.305 e. The van der Waals surface area contributed by atoms with Crippen molar-refractivity contribution in [2.75, 3.05) is 14.2 Å². The zero-order valence-corrected chi connectivity index (χ0v) is 34.3. The summed E-state index contributed by atoms with van der Waals surface area (Å²) in [4.78, 5) is 46.6. The van der Waals surface area contributed by atoms with Gasteiger partial charge >= 0.3 is 11.9 Å². The Morgan fingerprint density at radius 1 is 0.648 bits per heavy atom. The predicted molar refractivity (Wildman–Crippen MR) is 212 cm³/mol. The molecule has 0 spiro atoms. The molecule has 310 valence electrons. The molecule has 2 fully saturated rings. The minimum absolute atomic E-state index is 0.109. The number of esters is 2. The molecule has 0 radical (unpaired) electrons. The summed E-state index contributed by atoms with van der Waals surface area (Å²) in [6, 6.07) is 0. The third-order valence-electron chi connectivity index (χ3n) is 10.9. The summed E-state index contributed by atoms with van der Waals surface area (Å²) in [5, 5.41) is 41.2. The monoisotopic (exact) mass is 763 g/mol. The highest BCUT2D eigenvalue weighted by atomic mass is 16.5. The molecule has 10 nitrogen and oxygen atoms in total. The SMILES string of the molecule is CCCCC(C)(O)C/C=C/[C@H]1[C@H](O)CC(=O)[C@@H]1CC/C=C\CCC(=O)OC.CCCCC(C)(O)C/C=C/[C@H]1[C@H](O)CC(=O)[C@@H]1CCCCCCC(=O)OC. The summed E-state index contributed by atoms with van der Waals surface area (Å²) in [5.41, 5.74) is -1.47. The van der Waals surface area contributed by atoms with Crippen molar-refractivity contribution in [1.82, 2.24) is 0 Å². The lowest BCUT2D eigenvalue weighted by Gasteiger charge is -2.22. The molecule has 0 aromatic rings. The van der Waals surface area contributed by atoms with Crippen LogP contribution >= 0.6 is 0 Å². The van der Waals surface area contributed by atoms with Crippen molar-refractivity contribution in [1.29, 1.82) is 0 Å². The number of aliphatic hydroxyl groups excluding tert-OH is 2. The topological polar surface area (TPSA) is 168 Å². The summed E-state index contributed by atoms with van der Waals surface area (Å²) in [5.74, 6) is -0.780. The van der Waals surface area contributed by atoms with Crippen molar-refractivity contribution in [3.63, 3.8) is 0 Å². The van der Waals surface area contributed by atoms with E-state index in [1.807, 2.05) is 50.3 Å². The molecule has 0 amide bonds. The first-order chi connectivity index (χ1) is 25.6. The fraction of sp³-hybridized carbons (Fsp3) is 0.773. The maximum atomic E-state index is 12.2. The summed E-state index contributed by atoms with van der Waals surface area (Å²) in [6.45, 7) is 7.88. The van der Waals surface area contributed by atoms with E-state index in [0.717, 1.165) is 77.0 Å². The Bertz CT molecular complexity index is 1190. The second kappa shape index (κ2) is 27.0. The van der Waals surface area contributed by atoms with Gasteiger partial charge in [-0.3, -0.25) is 19.2 Å². The first-order valence-electron chi connectivity index (χ1n) is 20.6. The number of rotatable bonds is 25. The van der Waals surface area contributed by atoms with E-state index in [2.05, 4.69) is 23.3 Å². The maximum Gasteiger partial charge on any atom is 0.305 e. The molecule has 2 unspecified atom stereocenters. The van der Waals surface area contributed by atoms with E-state index in [1.165, 1.54) is 14.2 Å². The summed E-state index contributed by atoms with van der Waals surface area (Å²) in [6.07, 6.45) is 24.8. The number of unbranched alkanes of at least 4 members (excludes halogenated alkanes) is 5. The Morgan fingerprint density at radius 2 is 1.09 bits per heavy atom. The van der Waals surface area contributed by atoms with E-state index in [-0.39, 0.29) is 60.0 Å². The van der Waals surface area contributed by atoms with Crippen molar-refractivity contribution in [3.8, 4) is 0 Å². The molecule has 0 heterocycles. The number of carbonyl (C=O) groups is 4. The summed E-state index contributed by atoms with van der Waals surface area (Å²) >= 11 is 0. The van der Waals surface area contributed by atoms with Crippen molar-refractivity contribution in [2.45, 2.75) is 180 Å². The van der Waals surface area contributed by atoms with Gasteiger partial charge in [0.25, 0.3) is 0 Å². The Balaban J connectivity index is 0.000000540. The minimum Gasteiger partial charge on any atom is -0.469 e. The van der Waals surface area contributed by atoms with Crippen molar-refractivity contribution < 1.29 is 49.1 Å². The highest BCUT2D eigenvalue weighted by Gasteiger charge is 2.40. The molecule has 10 heteroatoms. The number of Topliss-reactive ketones (excluding diaryl/α,β-unsaturated/α-hetero) is 2. The molecule has 8 atom stereocenters. The molecule has 0 bridgehead atoms. The molecule has 4 N–H and O–H groups in total. The number of methoxy groups -OCH3 is 2. The Morgan fingerprint density at radius 3 is 1.57 bits per heavy atom. The molecule has 0 aromatic heterocycles. The van der Waals surface area contributed by atoms with Gasteiger partial charge in [0.15, 0.2) is 0 Å². The van der Waals surface area contributed by atoms with E-state index in [0.29, 0.717) is 38.5 Å². The van der Waals surface area contributed by atoms with Gasteiger partial charge in [0.2, 0.25) is 0 Å². The van der Waals surface area contributed by atoms with Crippen molar-refractivity contribution in [3.05, 3.63) is 36.5 Å². The number of hydrogen-bond donors (Lipinski definition) is 4. The lowest BCUT2D eigenvalue weighted by molar-refractivity contribution is -0.141. The molecule has 2 aliphatic carbocycles. The van der Waals surface area contributed by atoms with Gasteiger partial charge in [-0.25, -0.2) is 0 Å². The van der Waals surface area contributed by atoms with Gasteiger partial charge in [-0.15, -0.1) is 0 Å². The molecule has 0 aliphatic heterocycles. The fourth-order valence-corrected chi connectivity index (χ4v) is 7.37. The van der Waals surface area contributed by atoms with Crippen LogP contribution in [0, 0.1) is 23.7 Å².